The van der Waals surface area contributed by atoms with Gasteiger partial charge in [-0.1, -0.05) is 51.2 Å². The van der Waals surface area contributed by atoms with E-state index in [0.29, 0.717) is 18.9 Å². The summed E-state index contributed by atoms with van der Waals surface area (Å²) < 4.78 is 5.29. The highest BCUT2D eigenvalue weighted by Crippen LogP contribution is 2.12. The minimum atomic E-state index is -0.0157. The van der Waals surface area contributed by atoms with E-state index in [-0.39, 0.29) is 5.97 Å². The second-order valence-corrected chi connectivity index (χ2v) is 6.14. The molecule has 0 aromatic rings. The standard InChI is InChI=1S/C18H34O2/c1-5-6-7-8-9-13-18(19)20-15-14-17(4)12-10-11-16(2)3/h11,17H,5-10,12-15H2,1-4H3. The van der Waals surface area contributed by atoms with E-state index in [1.165, 1.54) is 31.3 Å². The molecule has 2 nitrogen and oxygen atoms in total. The number of carbonyl (C=O) groups excluding carboxylic acids is 1. The summed E-state index contributed by atoms with van der Waals surface area (Å²) in [5.74, 6) is 0.612. The van der Waals surface area contributed by atoms with Gasteiger partial charge in [0.25, 0.3) is 0 Å². The highest BCUT2D eigenvalue weighted by molar-refractivity contribution is 5.69. The largest absolute Gasteiger partial charge is 0.466 e. The maximum absolute atomic E-state index is 11.5. The van der Waals surface area contributed by atoms with E-state index in [4.69, 9.17) is 4.74 Å². The van der Waals surface area contributed by atoms with Gasteiger partial charge in [0.15, 0.2) is 0 Å². The molecule has 0 aliphatic rings. The lowest BCUT2D eigenvalue weighted by atomic mass is 10.0. The first-order valence-corrected chi connectivity index (χ1v) is 8.35. The van der Waals surface area contributed by atoms with Gasteiger partial charge in [-0.2, -0.15) is 0 Å². The molecule has 0 spiro atoms. The minimum Gasteiger partial charge on any atom is -0.466 e. The van der Waals surface area contributed by atoms with Crippen LogP contribution in [0.15, 0.2) is 11.6 Å². The molecule has 20 heavy (non-hydrogen) atoms. The molecule has 0 radical (unpaired) electrons. The average Bonchev–Trinajstić information content (AvgIpc) is 2.38. The van der Waals surface area contributed by atoms with Crippen LogP contribution in [0.2, 0.25) is 0 Å². The maximum Gasteiger partial charge on any atom is 0.305 e. The van der Waals surface area contributed by atoms with Crippen LogP contribution < -0.4 is 0 Å². The van der Waals surface area contributed by atoms with Crippen molar-refractivity contribution in [1.29, 1.82) is 0 Å². The first-order chi connectivity index (χ1) is 9.56. The van der Waals surface area contributed by atoms with Crippen LogP contribution in [0, 0.1) is 5.92 Å². The fourth-order valence-electron chi connectivity index (χ4n) is 2.12. The molecule has 0 saturated carbocycles. The Morgan fingerprint density at radius 2 is 1.80 bits per heavy atom. The Balaban J connectivity index is 3.43. The zero-order valence-electron chi connectivity index (χ0n) is 14.0. The van der Waals surface area contributed by atoms with Crippen LogP contribution >= 0.6 is 0 Å². The van der Waals surface area contributed by atoms with Crippen molar-refractivity contribution in [2.75, 3.05) is 6.61 Å². The number of esters is 1. The molecular formula is C18H34O2. The van der Waals surface area contributed by atoms with Crippen molar-refractivity contribution in [3.63, 3.8) is 0 Å². The fourth-order valence-corrected chi connectivity index (χ4v) is 2.12. The van der Waals surface area contributed by atoms with Gasteiger partial charge in [-0.25, -0.2) is 0 Å². The zero-order valence-corrected chi connectivity index (χ0v) is 14.0. The predicted molar refractivity (Wildman–Crippen MR) is 86.8 cm³/mol. The van der Waals surface area contributed by atoms with Gasteiger partial charge in [-0.3, -0.25) is 4.79 Å². The van der Waals surface area contributed by atoms with Gasteiger partial charge in [0.05, 0.1) is 6.61 Å². The van der Waals surface area contributed by atoms with Crippen LogP contribution in [-0.4, -0.2) is 12.6 Å². The Bertz CT molecular complexity index is 265. The van der Waals surface area contributed by atoms with E-state index in [2.05, 4.69) is 33.8 Å². The van der Waals surface area contributed by atoms with Crippen molar-refractivity contribution in [2.45, 2.75) is 85.5 Å². The second-order valence-electron chi connectivity index (χ2n) is 6.14. The van der Waals surface area contributed by atoms with Crippen molar-refractivity contribution >= 4 is 5.97 Å². The molecule has 0 bridgehead atoms. The summed E-state index contributed by atoms with van der Waals surface area (Å²) in [6, 6.07) is 0. The zero-order chi connectivity index (χ0) is 15.2. The van der Waals surface area contributed by atoms with Crippen molar-refractivity contribution < 1.29 is 9.53 Å². The van der Waals surface area contributed by atoms with Crippen LogP contribution in [0.4, 0.5) is 0 Å². The Kier molecular flexibility index (Phi) is 12.7. The fraction of sp³-hybridized carbons (Fsp3) is 0.833. The SMILES string of the molecule is CCCCCCCC(=O)OCCC(C)CCC=C(C)C. The first kappa shape index (κ1) is 19.2. The summed E-state index contributed by atoms with van der Waals surface area (Å²) in [4.78, 5) is 11.5. The molecule has 1 unspecified atom stereocenters. The number of hydrogen-bond acceptors (Lipinski definition) is 2. The molecule has 0 aromatic carbocycles. The molecule has 118 valence electrons. The predicted octanol–water partition coefficient (Wildman–Crippen LogP) is 5.66. The van der Waals surface area contributed by atoms with Crippen molar-refractivity contribution in [3.8, 4) is 0 Å². The third-order valence-corrected chi connectivity index (χ3v) is 3.57. The molecular weight excluding hydrogens is 248 g/mol. The van der Waals surface area contributed by atoms with Gasteiger partial charge in [0, 0.05) is 6.42 Å². The van der Waals surface area contributed by atoms with Crippen molar-refractivity contribution in [1.82, 2.24) is 0 Å². The number of rotatable bonds is 12. The van der Waals surface area contributed by atoms with Crippen molar-refractivity contribution in [2.24, 2.45) is 5.92 Å². The van der Waals surface area contributed by atoms with Gasteiger partial charge < -0.3 is 4.74 Å². The molecule has 2 heteroatoms. The molecule has 0 aliphatic carbocycles. The normalized spacial score (nSPS) is 12.0. The number of unbranched alkanes of at least 4 members (excludes halogenated alkanes) is 4. The van der Waals surface area contributed by atoms with Gasteiger partial charge in [-0.05, 0) is 45.4 Å². The number of allylic oxidation sites excluding steroid dienone is 2. The van der Waals surface area contributed by atoms with Crippen LogP contribution in [0.3, 0.4) is 0 Å². The van der Waals surface area contributed by atoms with E-state index >= 15 is 0 Å². The molecule has 0 heterocycles. The average molecular weight is 282 g/mol. The van der Waals surface area contributed by atoms with Crippen LogP contribution in [0.1, 0.15) is 85.5 Å². The number of carbonyl (C=O) groups is 1. The summed E-state index contributed by atoms with van der Waals surface area (Å²) in [7, 11) is 0. The molecule has 0 amide bonds. The lowest BCUT2D eigenvalue weighted by molar-refractivity contribution is -0.144. The molecule has 0 aliphatic heterocycles. The van der Waals surface area contributed by atoms with Gasteiger partial charge in [0.1, 0.15) is 0 Å². The van der Waals surface area contributed by atoms with Gasteiger partial charge in [0.2, 0.25) is 0 Å². The summed E-state index contributed by atoms with van der Waals surface area (Å²) in [5, 5.41) is 0. The summed E-state index contributed by atoms with van der Waals surface area (Å²) in [6.45, 7) is 9.29. The minimum absolute atomic E-state index is 0.0157. The Morgan fingerprint density at radius 1 is 1.10 bits per heavy atom. The Hall–Kier alpha value is -0.790. The maximum atomic E-state index is 11.5. The van der Waals surface area contributed by atoms with E-state index in [0.717, 1.165) is 25.7 Å². The second kappa shape index (κ2) is 13.2. The van der Waals surface area contributed by atoms with E-state index in [9.17, 15) is 4.79 Å². The summed E-state index contributed by atoms with van der Waals surface area (Å²) >= 11 is 0. The molecule has 0 fully saturated rings. The molecule has 0 saturated heterocycles. The lowest BCUT2D eigenvalue weighted by Crippen LogP contribution is -2.08. The van der Waals surface area contributed by atoms with E-state index in [1.807, 2.05) is 0 Å². The monoisotopic (exact) mass is 282 g/mol. The van der Waals surface area contributed by atoms with Crippen LogP contribution in [0.5, 0.6) is 0 Å². The first-order valence-electron chi connectivity index (χ1n) is 8.35. The van der Waals surface area contributed by atoms with E-state index in [1.54, 1.807) is 0 Å². The number of ether oxygens (including phenoxy) is 1. The summed E-state index contributed by atoms with van der Waals surface area (Å²) in [5.41, 5.74) is 1.38. The molecule has 0 N–H and O–H groups in total. The quantitative estimate of drug-likeness (QED) is 0.262. The lowest BCUT2D eigenvalue weighted by Gasteiger charge is -2.10. The summed E-state index contributed by atoms with van der Waals surface area (Å²) in [6.07, 6.45) is 12.1. The molecule has 0 rings (SSSR count). The molecule has 1 atom stereocenters. The number of hydrogen-bond donors (Lipinski definition) is 0. The highest BCUT2D eigenvalue weighted by atomic mass is 16.5. The topological polar surface area (TPSA) is 26.3 Å². The smallest absolute Gasteiger partial charge is 0.305 e. The van der Waals surface area contributed by atoms with Crippen LogP contribution in [-0.2, 0) is 9.53 Å². The van der Waals surface area contributed by atoms with Crippen LogP contribution in [0.25, 0.3) is 0 Å². The Morgan fingerprint density at radius 3 is 2.45 bits per heavy atom. The Labute approximate surface area is 126 Å². The highest BCUT2D eigenvalue weighted by Gasteiger charge is 2.05. The van der Waals surface area contributed by atoms with Gasteiger partial charge >= 0.3 is 5.97 Å². The van der Waals surface area contributed by atoms with Gasteiger partial charge in [-0.15, -0.1) is 0 Å². The molecule has 0 aromatic heterocycles. The third-order valence-electron chi connectivity index (χ3n) is 3.57. The van der Waals surface area contributed by atoms with E-state index < -0.39 is 0 Å². The third kappa shape index (κ3) is 13.6. The van der Waals surface area contributed by atoms with Crippen molar-refractivity contribution in [3.05, 3.63) is 11.6 Å².